The second-order valence-corrected chi connectivity index (χ2v) is 2.87. The highest BCUT2D eigenvalue weighted by Crippen LogP contribution is 2.19. The molecular weight excluding hydrogens is 179 g/mol. The van der Waals surface area contributed by atoms with E-state index in [1.807, 2.05) is 0 Å². The van der Waals surface area contributed by atoms with E-state index in [2.05, 4.69) is 0 Å². The molecule has 0 aliphatic rings. The normalized spacial score (nSPS) is 13.4. The molecule has 0 amide bonds. The average molecular weight is 189 g/mol. The van der Waals surface area contributed by atoms with Gasteiger partial charge in [0.15, 0.2) is 0 Å². The first kappa shape index (κ1) is 10.1. The van der Waals surface area contributed by atoms with Gasteiger partial charge < -0.3 is 5.73 Å². The van der Waals surface area contributed by atoms with Crippen molar-refractivity contribution in [3.63, 3.8) is 0 Å². The van der Waals surface area contributed by atoms with Crippen LogP contribution in [0.25, 0.3) is 0 Å². The van der Waals surface area contributed by atoms with Crippen molar-refractivity contribution in [3.05, 3.63) is 35.1 Å². The van der Waals surface area contributed by atoms with Gasteiger partial charge in [-0.25, -0.2) is 13.2 Å². The van der Waals surface area contributed by atoms with E-state index in [9.17, 15) is 13.2 Å². The Morgan fingerprint density at radius 1 is 1.31 bits per heavy atom. The molecular formula is C9H10F3N. The molecule has 0 spiro atoms. The second kappa shape index (κ2) is 3.79. The monoisotopic (exact) mass is 189 g/mol. The van der Waals surface area contributed by atoms with E-state index in [1.165, 1.54) is 12.1 Å². The lowest BCUT2D eigenvalue weighted by Crippen LogP contribution is -2.19. The van der Waals surface area contributed by atoms with Crippen LogP contribution in [0.2, 0.25) is 0 Å². The van der Waals surface area contributed by atoms with Crippen LogP contribution < -0.4 is 5.73 Å². The molecule has 0 radical (unpaired) electrons. The van der Waals surface area contributed by atoms with Gasteiger partial charge in [-0.2, -0.15) is 0 Å². The Balaban J connectivity index is 2.97. The summed E-state index contributed by atoms with van der Waals surface area (Å²) in [5, 5.41) is 0. The fourth-order valence-corrected chi connectivity index (χ4v) is 0.962. The van der Waals surface area contributed by atoms with E-state index in [4.69, 9.17) is 5.73 Å². The predicted octanol–water partition coefficient (Wildman–Crippen LogP) is 2.40. The lowest BCUT2D eigenvalue weighted by atomic mass is 10.1. The number of benzene rings is 1. The van der Waals surface area contributed by atoms with Crippen molar-refractivity contribution in [1.82, 2.24) is 0 Å². The van der Waals surface area contributed by atoms with Crippen LogP contribution >= 0.6 is 0 Å². The van der Waals surface area contributed by atoms with Crippen molar-refractivity contribution in [1.29, 1.82) is 0 Å². The molecule has 1 nitrogen and oxygen atoms in total. The van der Waals surface area contributed by atoms with Crippen molar-refractivity contribution in [2.45, 2.75) is 19.4 Å². The molecule has 0 aromatic heterocycles. The van der Waals surface area contributed by atoms with Crippen LogP contribution in [0, 0.1) is 12.7 Å². The molecule has 72 valence electrons. The maximum Gasteiger partial charge on any atom is 0.257 e. The highest BCUT2D eigenvalue weighted by Gasteiger charge is 2.17. The maximum atomic E-state index is 12.9. The Morgan fingerprint density at radius 2 is 1.92 bits per heavy atom. The lowest BCUT2D eigenvalue weighted by molar-refractivity contribution is 0.116. The van der Waals surface area contributed by atoms with Gasteiger partial charge in [-0.3, -0.25) is 0 Å². The smallest absolute Gasteiger partial charge is 0.257 e. The van der Waals surface area contributed by atoms with Gasteiger partial charge in [0.2, 0.25) is 0 Å². The number of halogens is 3. The van der Waals surface area contributed by atoms with E-state index < -0.39 is 18.3 Å². The molecule has 0 heterocycles. The Bertz CT molecular complexity index is 299. The zero-order chi connectivity index (χ0) is 10.0. The third-order valence-electron chi connectivity index (χ3n) is 1.85. The molecule has 4 heteroatoms. The summed E-state index contributed by atoms with van der Waals surface area (Å²) in [7, 11) is 0. The molecule has 0 saturated heterocycles. The molecule has 2 N–H and O–H groups in total. The summed E-state index contributed by atoms with van der Waals surface area (Å²) >= 11 is 0. The molecule has 1 atom stereocenters. The summed E-state index contributed by atoms with van der Waals surface area (Å²) in [6.07, 6.45) is -2.66. The maximum absolute atomic E-state index is 12.9. The molecule has 1 unspecified atom stereocenters. The van der Waals surface area contributed by atoms with Crippen molar-refractivity contribution in [2.75, 3.05) is 0 Å². The first-order valence-corrected chi connectivity index (χ1v) is 3.82. The van der Waals surface area contributed by atoms with Gasteiger partial charge in [0.25, 0.3) is 6.43 Å². The standard InChI is InChI=1S/C9H10F3N/c1-5-2-3-6(4-7(5)10)8(13)9(11)12/h2-4,8-9H,13H2,1H3. The molecule has 1 aromatic rings. The van der Waals surface area contributed by atoms with E-state index >= 15 is 0 Å². The quantitative estimate of drug-likeness (QED) is 0.759. The number of nitrogens with two attached hydrogens (primary N) is 1. The number of hydrogen-bond donors (Lipinski definition) is 1. The van der Waals surface area contributed by atoms with Crippen LogP contribution in [-0.4, -0.2) is 6.43 Å². The molecule has 13 heavy (non-hydrogen) atoms. The summed E-state index contributed by atoms with van der Waals surface area (Å²) in [6.45, 7) is 1.56. The highest BCUT2D eigenvalue weighted by molar-refractivity contribution is 5.25. The van der Waals surface area contributed by atoms with Gasteiger partial charge >= 0.3 is 0 Å². The molecule has 1 aromatic carbocycles. The fourth-order valence-electron chi connectivity index (χ4n) is 0.962. The third kappa shape index (κ3) is 2.21. The Kier molecular flexibility index (Phi) is 2.93. The first-order chi connectivity index (χ1) is 6.02. The average Bonchev–Trinajstić information content (AvgIpc) is 2.08. The van der Waals surface area contributed by atoms with E-state index in [1.54, 1.807) is 6.92 Å². The summed E-state index contributed by atoms with van der Waals surface area (Å²) in [6, 6.07) is 2.49. The zero-order valence-electron chi connectivity index (χ0n) is 7.10. The zero-order valence-corrected chi connectivity index (χ0v) is 7.10. The van der Waals surface area contributed by atoms with Crippen LogP contribution in [0.15, 0.2) is 18.2 Å². The van der Waals surface area contributed by atoms with Crippen LogP contribution in [-0.2, 0) is 0 Å². The second-order valence-electron chi connectivity index (χ2n) is 2.87. The predicted molar refractivity (Wildman–Crippen MR) is 44.1 cm³/mol. The Hall–Kier alpha value is -1.03. The van der Waals surface area contributed by atoms with Crippen LogP contribution in [0.1, 0.15) is 17.2 Å². The fraction of sp³-hybridized carbons (Fsp3) is 0.333. The largest absolute Gasteiger partial charge is 0.319 e. The summed E-state index contributed by atoms with van der Waals surface area (Å²) in [5.74, 6) is -0.506. The van der Waals surface area contributed by atoms with Crippen molar-refractivity contribution >= 4 is 0 Å². The SMILES string of the molecule is Cc1ccc(C(N)C(F)F)cc1F. The van der Waals surface area contributed by atoms with Gasteiger partial charge in [0.1, 0.15) is 5.82 Å². The Labute approximate surface area is 74.4 Å². The highest BCUT2D eigenvalue weighted by atomic mass is 19.3. The molecule has 0 saturated carbocycles. The minimum absolute atomic E-state index is 0.123. The molecule has 0 bridgehead atoms. The number of hydrogen-bond acceptors (Lipinski definition) is 1. The van der Waals surface area contributed by atoms with Gasteiger partial charge in [0.05, 0.1) is 6.04 Å². The van der Waals surface area contributed by atoms with Gasteiger partial charge in [0, 0.05) is 0 Å². The van der Waals surface area contributed by atoms with Crippen molar-refractivity contribution in [2.24, 2.45) is 5.73 Å². The van der Waals surface area contributed by atoms with Crippen molar-refractivity contribution < 1.29 is 13.2 Å². The summed E-state index contributed by atoms with van der Waals surface area (Å²) < 4.78 is 37.1. The first-order valence-electron chi connectivity index (χ1n) is 3.82. The third-order valence-corrected chi connectivity index (χ3v) is 1.85. The topological polar surface area (TPSA) is 26.0 Å². The molecule has 1 rings (SSSR count). The van der Waals surface area contributed by atoms with Gasteiger partial charge in [-0.05, 0) is 24.1 Å². The van der Waals surface area contributed by atoms with Crippen LogP contribution in [0.3, 0.4) is 0 Å². The van der Waals surface area contributed by atoms with E-state index in [-0.39, 0.29) is 5.56 Å². The number of alkyl halides is 2. The molecule has 0 fully saturated rings. The summed E-state index contributed by atoms with van der Waals surface area (Å²) in [5.41, 5.74) is 5.68. The summed E-state index contributed by atoms with van der Waals surface area (Å²) in [4.78, 5) is 0. The minimum Gasteiger partial charge on any atom is -0.319 e. The molecule has 0 aliphatic heterocycles. The van der Waals surface area contributed by atoms with Crippen molar-refractivity contribution in [3.8, 4) is 0 Å². The van der Waals surface area contributed by atoms with E-state index in [0.29, 0.717) is 5.56 Å². The van der Waals surface area contributed by atoms with Gasteiger partial charge in [-0.15, -0.1) is 0 Å². The molecule has 0 aliphatic carbocycles. The van der Waals surface area contributed by atoms with E-state index in [0.717, 1.165) is 6.07 Å². The Morgan fingerprint density at radius 3 is 2.38 bits per heavy atom. The minimum atomic E-state index is -2.66. The lowest BCUT2D eigenvalue weighted by Gasteiger charge is -2.10. The number of rotatable bonds is 2. The van der Waals surface area contributed by atoms with Crippen LogP contribution in [0.4, 0.5) is 13.2 Å². The van der Waals surface area contributed by atoms with Gasteiger partial charge in [-0.1, -0.05) is 12.1 Å². The van der Waals surface area contributed by atoms with Crippen LogP contribution in [0.5, 0.6) is 0 Å². The number of aryl methyl sites for hydroxylation is 1.